The maximum Gasteiger partial charge on any atom is 0.171 e. The zero-order chi connectivity index (χ0) is 21.3. The van der Waals surface area contributed by atoms with Crippen molar-refractivity contribution in [3.8, 4) is 0 Å². The van der Waals surface area contributed by atoms with Gasteiger partial charge in [-0.05, 0) is 59.8 Å². The minimum atomic E-state index is -0.481. The van der Waals surface area contributed by atoms with E-state index in [0.717, 1.165) is 32.3 Å². The van der Waals surface area contributed by atoms with E-state index in [1.165, 1.54) is 44.9 Å². The Labute approximate surface area is 176 Å². The molecule has 0 radical (unpaired) electrons. The largest absolute Gasteiger partial charge is 0.502 e. The topological polar surface area (TPSA) is 27.7 Å². The third kappa shape index (κ3) is 12.8. The Kier molecular flexibility index (Phi) is 17.0. The van der Waals surface area contributed by atoms with Crippen LogP contribution in [0, 0.1) is 5.92 Å². The number of rotatable bonds is 19. The summed E-state index contributed by atoms with van der Waals surface area (Å²) in [6.45, 7) is 15.9. The summed E-state index contributed by atoms with van der Waals surface area (Å²) in [7, 11) is 0. The molecule has 0 amide bonds. The van der Waals surface area contributed by atoms with E-state index in [1.54, 1.807) is 0 Å². The summed E-state index contributed by atoms with van der Waals surface area (Å²) >= 11 is 0. The van der Waals surface area contributed by atoms with Crippen LogP contribution in [0.2, 0.25) is 0 Å². The van der Waals surface area contributed by atoms with Gasteiger partial charge in [0.15, 0.2) is 5.79 Å². The van der Waals surface area contributed by atoms with Crippen LogP contribution < -0.4 is 0 Å². The van der Waals surface area contributed by atoms with E-state index in [-0.39, 0.29) is 12.2 Å². The van der Waals surface area contributed by atoms with Crippen molar-refractivity contribution in [2.45, 2.75) is 137 Å². The van der Waals surface area contributed by atoms with Gasteiger partial charge in [0.25, 0.3) is 0 Å². The van der Waals surface area contributed by atoms with Crippen LogP contribution in [-0.4, -0.2) is 24.6 Å². The Morgan fingerprint density at radius 2 is 1.32 bits per heavy atom. The van der Waals surface area contributed by atoms with Crippen molar-refractivity contribution in [1.29, 1.82) is 0 Å². The highest BCUT2D eigenvalue weighted by Gasteiger charge is 2.40. The molecule has 0 aliphatic heterocycles. The van der Waals surface area contributed by atoms with E-state index in [4.69, 9.17) is 14.2 Å². The van der Waals surface area contributed by atoms with Crippen LogP contribution in [0.5, 0.6) is 0 Å². The maximum absolute atomic E-state index is 6.47. The number of unbranched alkanes of at least 4 members (excludes halogenated alkanes) is 5. The van der Waals surface area contributed by atoms with Gasteiger partial charge in [-0.25, -0.2) is 0 Å². The molecular weight excluding hydrogens is 348 g/mol. The third-order valence-electron chi connectivity index (χ3n) is 5.13. The van der Waals surface area contributed by atoms with Gasteiger partial charge in [0, 0.05) is 5.92 Å². The molecule has 0 spiro atoms. The van der Waals surface area contributed by atoms with E-state index < -0.39 is 5.79 Å². The SMILES string of the molecule is CCC=COCCCC(CCCCCCCC)C(CC)(OC(C)C)OC(C)C. The number of allylic oxidation sites excluding steroid dienone is 1. The minimum absolute atomic E-state index is 0.162. The molecule has 0 saturated heterocycles. The fourth-order valence-corrected chi connectivity index (χ4v) is 3.87. The molecule has 0 aromatic heterocycles. The molecule has 1 atom stereocenters. The van der Waals surface area contributed by atoms with Crippen LogP contribution in [0.4, 0.5) is 0 Å². The Balaban J connectivity index is 4.95. The Bertz CT molecular complexity index is 353. The average Bonchev–Trinajstić information content (AvgIpc) is 2.64. The highest BCUT2D eigenvalue weighted by Crippen LogP contribution is 2.37. The fourth-order valence-electron chi connectivity index (χ4n) is 3.87. The predicted octanol–water partition coefficient (Wildman–Crippen LogP) is 8.03. The highest BCUT2D eigenvalue weighted by atomic mass is 16.7. The third-order valence-corrected chi connectivity index (χ3v) is 5.13. The van der Waals surface area contributed by atoms with Crippen LogP contribution >= 0.6 is 0 Å². The van der Waals surface area contributed by atoms with E-state index in [9.17, 15) is 0 Å². The lowest BCUT2D eigenvalue weighted by molar-refractivity contribution is -0.299. The molecular formula is C25H50O3. The molecule has 0 rings (SSSR count). The lowest BCUT2D eigenvalue weighted by atomic mass is 9.85. The highest BCUT2D eigenvalue weighted by molar-refractivity contribution is 4.81. The van der Waals surface area contributed by atoms with Crippen molar-refractivity contribution in [2.75, 3.05) is 6.61 Å². The second kappa shape index (κ2) is 17.3. The van der Waals surface area contributed by atoms with Gasteiger partial charge in [-0.15, -0.1) is 0 Å². The molecule has 0 aromatic rings. The molecule has 0 aromatic carbocycles. The smallest absolute Gasteiger partial charge is 0.171 e. The van der Waals surface area contributed by atoms with E-state index in [2.05, 4.69) is 54.5 Å². The van der Waals surface area contributed by atoms with Crippen LogP contribution in [0.25, 0.3) is 0 Å². The molecule has 0 N–H and O–H groups in total. The molecule has 0 saturated carbocycles. The van der Waals surface area contributed by atoms with E-state index in [0.29, 0.717) is 5.92 Å². The molecule has 1 unspecified atom stereocenters. The van der Waals surface area contributed by atoms with Crippen molar-refractivity contribution in [3.63, 3.8) is 0 Å². The lowest BCUT2D eigenvalue weighted by Crippen LogP contribution is -2.46. The number of hydrogen-bond donors (Lipinski definition) is 0. The lowest BCUT2D eigenvalue weighted by Gasteiger charge is -2.43. The van der Waals surface area contributed by atoms with Gasteiger partial charge >= 0.3 is 0 Å². The van der Waals surface area contributed by atoms with Gasteiger partial charge in [0.2, 0.25) is 0 Å². The van der Waals surface area contributed by atoms with Crippen molar-refractivity contribution >= 4 is 0 Å². The Morgan fingerprint density at radius 1 is 0.750 bits per heavy atom. The summed E-state index contributed by atoms with van der Waals surface area (Å²) in [6, 6.07) is 0. The van der Waals surface area contributed by atoms with Gasteiger partial charge in [-0.3, -0.25) is 0 Å². The summed E-state index contributed by atoms with van der Waals surface area (Å²) in [5.41, 5.74) is 0. The molecule has 0 bridgehead atoms. The molecule has 3 heteroatoms. The first kappa shape index (κ1) is 27.5. The second-order valence-electron chi connectivity index (χ2n) is 8.55. The zero-order valence-corrected chi connectivity index (χ0v) is 20.1. The Morgan fingerprint density at radius 3 is 1.86 bits per heavy atom. The van der Waals surface area contributed by atoms with Gasteiger partial charge in [0.05, 0.1) is 25.1 Å². The maximum atomic E-state index is 6.47. The monoisotopic (exact) mass is 398 g/mol. The number of ether oxygens (including phenoxy) is 3. The van der Waals surface area contributed by atoms with Crippen LogP contribution in [0.3, 0.4) is 0 Å². The van der Waals surface area contributed by atoms with Gasteiger partial charge in [0.1, 0.15) is 0 Å². The first-order valence-corrected chi connectivity index (χ1v) is 12.0. The summed E-state index contributed by atoms with van der Waals surface area (Å²) in [6.07, 6.45) is 17.4. The first-order chi connectivity index (χ1) is 13.4. The summed E-state index contributed by atoms with van der Waals surface area (Å²) in [5.74, 6) is -0.0717. The standard InChI is InChI=1S/C25H50O3/c1-8-11-13-14-15-16-18-24(19-17-21-26-20-12-9-2)25(10-3,27-22(4)5)28-23(6)7/h12,20,22-24H,8-11,13-19,21H2,1-7H3. The minimum Gasteiger partial charge on any atom is -0.502 e. The van der Waals surface area contributed by atoms with Crippen molar-refractivity contribution in [3.05, 3.63) is 12.3 Å². The molecule has 28 heavy (non-hydrogen) atoms. The fraction of sp³-hybridized carbons (Fsp3) is 0.920. The van der Waals surface area contributed by atoms with Gasteiger partial charge in [-0.1, -0.05) is 65.4 Å². The van der Waals surface area contributed by atoms with Crippen LogP contribution in [-0.2, 0) is 14.2 Å². The summed E-state index contributed by atoms with van der Waals surface area (Å²) < 4.78 is 18.6. The molecule has 0 fully saturated rings. The molecule has 0 heterocycles. The zero-order valence-electron chi connectivity index (χ0n) is 20.1. The van der Waals surface area contributed by atoms with Crippen LogP contribution in [0.15, 0.2) is 12.3 Å². The van der Waals surface area contributed by atoms with E-state index >= 15 is 0 Å². The summed E-state index contributed by atoms with van der Waals surface area (Å²) in [5, 5.41) is 0. The second-order valence-corrected chi connectivity index (χ2v) is 8.55. The average molecular weight is 399 g/mol. The molecule has 0 aliphatic carbocycles. The van der Waals surface area contributed by atoms with Crippen molar-refractivity contribution in [2.24, 2.45) is 5.92 Å². The Hall–Kier alpha value is -0.540. The van der Waals surface area contributed by atoms with E-state index in [1.807, 2.05) is 6.26 Å². The van der Waals surface area contributed by atoms with Crippen molar-refractivity contribution < 1.29 is 14.2 Å². The normalized spacial score (nSPS) is 13.8. The number of hydrogen-bond acceptors (Lipinski definition) is 3. The quantitative estimate of drug-likeness (QED) is 0.125. The predicted molar refractivity (Wildman–Crippen MR) is 122 cm³/mol. The molecule has 0 aliphatic rings. The first-order valence-electron chi connectivity index (χ1n) is 12.0. The van der Waals surface area contributed by atoms with Crippen molar-refractivity contribution in [1.82, 2.24) is 0 Å². The van der Waals surface area contributed by atoms with Gasteiger partial charge in [-0.2, -0.15) is 0 Å². The molecule has 3 nitrogen and oxygen atoms in total. The van der Waals surface area contributed by atoms with Crippen LogP contribution in [0.1, 0.15) is 119 Å². The summed E-state index contributed by atoms with van der Waals surface area (Å²) in [4.78, 5) is 0. The molecule has 168 valence electrons. The van der Waals surface area contributed by atoms with Gasteiger partial charge < -0.3 is 14.2 Å².